The number of ether oxygens (including phenoxy) is 1. The molecule has 1 heterocycles. The molecule has 5 nitrogen and oxygen atoms in total. The van der Waals surface area contributed by atoms with E-state index < -0.39 is 11.9 Å². The standard InChI is InChI=1S/C21H18N2O3S/c1-5-10-23-17-11-13(2)14(3)12-18(17)27-21(23)22-19(24)15-6-8-16(9-7-15)20(25)26-4/h1,6-9,11-12H,10H2,2-4H3. The summed E-state index contributed by atoms with van der Waals surface area (Å²) in [6, 6.07) is 10.4. The summed E-state index contributed by atoms with van der Waals surface area (Å²) < 4.78 is 7.56. The van der Waals surface area contributed by atoms with Crippen molar-refractivity contribution in [3.63, 3.8) is 0 Å². The number of terminal acetylenes is 1. The van der Waals surface area contributed by atoms with Crippen molar-refractivity contribution in [1.29, 1.82) is 0 Å². The predicted octanol–water partition coefficient (Wildman–Crippen LogP) is 3.48. The lowest BCUT2D eigenvalue weighted by Crippen LogP contribution is -2.16. The van der Waals surface area contributed by atoms with Crippen molar-refractivity contribution in [3.8, 4) is 12.3 Å². The molecule has 0 aliphatic rings. The van der Waals surface area contributed by atoms with Gasteiger partial charge in [0, 0.05) is 5.56 Å². The molecule has 0 atom stereocenters. The number of aryl methyl sites for hydroxylation is 2. The van der Waals surface area contributed by atoms with Crippen molar-refractivity contribution in [2.24, 2.45) is 4.99 Å². The molecule has 3 aromatic rings. The fourth-order valence-electron chi connectivity index (χ4n) is 2.67. The summed E-state index contributed by atoms with van der Waals surface area (Å²) in [5.74, 6) is 1.78. The first kappa shape index (κ1) is 18.6. The van der Waals surface area contributed by atoms with Crippen LogP contribution in [0.5, 0.6) is 0 Å². The molecule has 3 rings (SSSR count). The van der Waals surface area contributed by atoms with Gasteiger partial charge in [0.1, 0.15) is 0 Å². The van der Waals surface area contributed by atoms with Crippen molar-refractivity contribution in [2.45, 2.75) is 20.4 Å². The molecule has 0 fully saturated rings. The Bertz CT molecular complexity index is 1150. The van der Waals surface area contributed by atoms with Crippen LogP contribution in [-0.2, 0) is 11.3 Å². The fraction of sp³-hybridized carbons (Fsp3) is 0.190. The van der Waals surface area contributed by atoms with Gasteiger partial charge in [-0.3, -0.25) is 4.79 Å². The first-order valence-corrected chi connectivity index (χ1v) is 9.07. The number of carbonyl (C=O) groups is 2. The van der Waals surface area contributed by atoms with Crippen molar-refractivity contribution in [1.82, 2.24) is 4.57 Å². The van der Waals surface area contributed by atoms with E-state index in [1.165, 1.54) is 24.0 Å². The molecule has 0 radical (unpaired) electrons. The monoisotopic (exact) mass is 378 g/mol. The van der Waals surface area contributed by atoms with E-state index in [1.807, 2.05) is 18.4 Å². The molecule has 0 saturated carbocycles. The minimum absolute atomic E-state index is 0.329. The number of aromatic nitrogens is 1. The largest absolute Gasteiger partial charge is 0.465 e. The summed E-state index contributed by atoms with van der Waals surface area (Å²) >= 11 is 1.43. The van der Waals surface area contributed by atoms with Gasteiger partial charge < -0.3 is 9.30 Å². The van der Waals surface area contributed by atoms with Crippen LogP contribution in [0.2, 0.25) is 0 Å². The van der Waals surface area contributed by atoms with Gasteiger partial charge in [0.2, 0.25) is 0 Å². The molecule has 0 N–H and O–H groups in total. The lowest BCUT2D eigenvalue weighted by molar-refractivity contribution is 0.0600. The van der Waals surface area contributed by atoms with Gasteiger partial charge in [-0.1, -0.05) is 17.3 Å². The van der Waals surface area contributed by atoms with E-state index in [9.17, 15) is 9.59 Å². The van der Waals surface area contributed by atoms with Gasteiger partial charge in [0.25, 0.3) is 5.91 Å². The quantitative estimate of drug-likeness (QED) is 0.518. The maximum absolute atomic E-state index is 12.6. The first-order chi connectivity index (χ1) is 12.9. The molecule has 136 valence electrons. The fourth-order valence-corrected chi connectivity index (χ4v) is 3.78. The van der Waals surface area contributed by atoms with Crippen LogP contribution in [0.4, 0.5) is 0 Å². The SMILES string of the molecule is C#CCn1c(=NC(=O)c2ccc(C(=O)OC)cc2)sc2cc(C)c(C)cc21. The second kappa shape index (κ2) is 7.60. The predicted molar refractivity (Wildman–Crippen MR) is 106 cm³/mol. The highest BCUT2D eigenvalue weighted by Crippen LogP contribution is 2.22. The maximum atomic E-state index is 12.6. The van der Waals surface area contributed by atoms with Gasteiger partial charge >= 0.3 is 5.97 Å². The highest BCUT2D eigenvalue weighted by atomic mass is 32.1. The Hall–Kier alpha value is -3.17. The molecule has 1 aromatic heterocycles. The lowest BCUT2D eigenvalue weighted by Gasteiger charge is -2.03. The molecule has 1 amide bonds. The van der Waals surface area contributed by atoms with E-state index in [4.69, 9.17) is 6.42 Å². The number of hydrogen-bond acceptors (Lipinski definition) is 4. The third-order valence-electron chi connectivity index (χ3n) is 4.30. The van der Waals surface area contributed by atoms with Crippen LogP contribution in [-0.4, -0.2) is 23.6 Å². The zero-order valence-electron chi connectivity index (χ0n) is 15.3. The summed E-state index contributed by atoms with van der Waals surface area (Å²) in [4.78, 5) is 28.9. The van der Waals surface area contributed by atoms with Gasteiger partial charge in [0.15, 0.2) is 4.80 Å². The van der Waals surface area contributed by atoms with Gasteiger partial charge in [-0.2, -0.15) is 4.99 Å². The third kappa shape index (κ3) is 3.69. The number of fused-ring (bicyclic) bond motifs is 1. The summed E-state index contributed by atoms with van der Waals surface area (Å²) in [5, 5.41) is 0. The molecule has 0 spiro atoms. The van der Waals surface area contributed by atoms with Crippen LogP contribution in [0.15, 0.2) is 41.4 Å². The van der Waals surface area contributed by atoms with E-state index >= 15 is 0 Å². The Labute approximate surface area is 160 Å². The van der Waals surface area contributed by atoms with Crippen molar-refractivity contribution < 1.29 is 14.3 Å². The zero-order chi connectivity index (χ0) is 19.6. The Morgan fingerprint density at radius 3 is 2.41 bits per heavy atom. The van der Waals surface area contributed by atoms with Gasteiger partial charge in [-0.25, -0.2) is 4.79 Å². The minimum Gasteiger partial charge on any atom is -0.465 e. The lowest BCUT2D eigenvalue weighted by atomic mass is 10.1. The van der Waals surface area contributed by atoms with E-state index in [0.29, 0.717) is 22.5 Å². The Morgan fingerprint density at radius 2 is 1.78 bits per heavy atom. The third-order valence-corrected chi connectivity index (χ3v) is 5.34. The Kier molecular flexibility index (Phi) is 5.24. The number of methoxy groups -OCH3 is 1. The van der Waals surface area contributed by atoms with Crippen LogP contribution >= 0.6 is 11.3 Å². The van der Waals surface area contributed by atoms with Crippen LogP contribution in [0.1, 0.15) is 31.8 Å². The number of thiazole rings is 1. The van der Waals surface area contributed by atoms with Crippen LogP contribution in [0, 0.1) is 26.2 Å². The number of nitrogens with zero attached hydrogens (tertiary/aromatic N) is 2. The molecule has 0 aliphatic heterocycles. The van der Waals surface area contributed by atoms with Crippen molar-refractivity contribution in [3.05, 3.63) is 63.5 Å². The molecule has 0 aliphatic carbocycles. The van der Waals surface area contributed by atoms with E-state index in [-0.39, 0.29) is 0 Å². The summed E-state index contributed by atoms with van der Waals surface area (Å²) in [6.07, 6.45) is 5.51. The summed E-state index contributed by atoms with van der Waals surface area (Å²) in [6.45, 7) is 4.41. The van der Waals surface area contributed by atoms with Gasteiger partial charge in [-0.05, 0) is 61.4 Å². The highest BCUT2D eigenvalue weighted by Gasteiger charge is 2.11. The van der Waals surface area contributed by atoms with Gasteiger partial charge in [0.05, 0.1) is 29.4 Å². The van der Waals surface area contributed by atoms with Crippen molar-refractivity contribution >= 4 is 33.4 Å². The zero-order valence-corrected chi connectivity index (χ0v) is 16.1. The molecular formula is C21H18N2O3S. The topological polar surface area (TPSA) is 60.7 Å². The van der Waals surface area contributed by atoms with E-state index in [1.54, 1.807) is 24.3 Å². The average Bonchev–Trinajstić information content (AvgIpc) is 2.98. The second-order valence-corrected chi connectivity index (χ2v) is 7.07. The molecule has 6 heteroatoms. The molecule has 2 aromatic carbocycles. The normalized spacial score (nSPS) is 11.4. The van der Waals surface area contributed by atoms with Crippen LogP contribution < -0.4 is 4.80 Å². The summed E-state index contributed by atoms with van der Waals surface area (Å²) in [7, 11) is 1.31. The highest BCUT2D eigenvalue weighted by molar-refractivity contribution is 7.16. The summed E-state index contributed by atoms with van der Waals surface area (Å²) in [5.41, 5.74) is 4.06. The van der Waals surface area contributed by atoms with E-state index in [2.05, 4.69) is 27.8 Å². The number of benzene rings is 2. The first-order valence-electron chi connectivity index (χ1n) is 8.26. The number of esters is 1. The van der Waals surface area contributed by atoms with Gasteiger partial charge in [-0.15, -0.1) is 6.42 Å². The molecular weight excluding hydrogens is 360 g/mol. The minimum atomic E-state index is -0.451. The Balaban J connectivity index is 2.06. The van der Waals surface area contributed by atoms with E-state index in [0.717, 1.165) is 15.8 Å². The number of amides is 1. The number of rotatable bonds is 3. The van der Waals surface area contributed by atoms with Crippen molar-refractivity contribution in [2.75, 3.05) is 7.11 Å². The number of hydrogen-bond donors (Lipinski definition) is 0. The van der Waals surface area contributed by atoms with Crippen LogP contribution in [0.25, 0.3) is 10.2 Å². The molecule has 0 bridgehead atoms. The average molecular weight is 378 g/mol. The molecule has 0 saturated heterocycles. The Morgan fingerprint density at radius 1 is 1.15 bits per heavy atom. The number of carbonyl (C=O) groups excluding carboxylic acids is 2. The second-order valence-electron chi connectivity index (χ2n) is 6.06. The van der Waals surface area contributed by atoms with Crippen LogP contribution in [0.3, 0.4) is 0 Å². The molecule has 0 unspecified atom stereocenters. The smallest absolute Gasteiger partial charge is 0.337 e. The molecule has 27 heavy (non-hydrogen) atoms. The maximum Gasteiger partial charge on any atom is 0.337 e.